The number of anilines is 1. The van der Waals surface area contributed by atoms with Gasteiger partial charge in [-0.25, -0.2) is 4.98 Å². The fourth-order valence-electron chi connectivity index (χ4n) is 2.90. The van der Waals surface area contributed by atoms with Crippen LogP contribution in [0.3, 0.4) is 0 Å². The zero-order valence-corrected chi connectivity index (χ0v) is 14.5. The van der Waals surface area contributed by atoms with Gasteiger partial charge in [0.05, 0.1) is 12.3 Å². The molecule has 1 aliphatic heterocycles. The molecule has 5 heteroatoms. The van der Waals surface area contributed by atoms with E-state index in [0.29, 0.717) is 6.61 Å². The molecule has 0 spiro atoms. The minimum Gasteiger partial charge on any atom is -0.378 e. The van der Waals surface area contributed by atoms with Gasteiger partial charge in [0.2, 0.25) is 0 Å². The Kier molecular flexibility index (Phi) is 6.93. The lowest BCUT2D eigenvalue weighted by Crippen LogP contribution is -2.24. The Bertz CT molecular complexity index is 422. The van der Waals surface area contributed by atoms with Crippen molar-refractivity contribution >= 4 is 16.5 Å². The smallest absolute Gasteiger partial charge is 0.185 e. The van der Waals surface area contributed by atoms with Crippen LogP contribution < -0.4 is 10.2 Å². The Morgan fingerprint density at radius 2 is 2.19 bits per heavy atom. The molecule has 1 aromatic rings. The highest BCUT2D eigenvalue weighted by Crippen LogP contribution is 2.30. The van der Waals surface area contributed by atoms with Crippen LogP contribution in [0, 0.1) is 5.92 Å². The third kappa shape index (κ3) is 4.66. The first-order valence-electron chi connectivity index (χ1n) is 8.21. The quantitative estimate of drug-likeness (QED) is 0.837. The van der Waals surface area contributed by atoms with Crippen molar-refractivity contribution in [2.45, 2.75) is 52.7 Å². The van der Waals surface area contributed by atoms with Crippen LogP contribution in [0.2, 0.25) is 0 Å². The van der Waals surface area contributed by atoms with Crippen molar-refractivity contribution < 1.29 is 4.74 Å². The molecule has 1 atom stereocenters. The Morgan fingerprint density at radius 1 is 1.33 bits per heavy atom. The lowest BCUT2D eigenvalue weighted by Gasteiger charge is -2.19. The molecule has 0 aliphatic carbocycles. The van der Waals surface area contributed by atoms with Crippen LogP contribution in [-0.2, 0) is 17.9 Å². The molecule has 4 nitrogen and oxygen atoms in total. The molecule has 1 aromatic heterocycles. The van der Waals surface area contributed by atoms with E-state index >= 15 is 0 Å². The van der Waals surface area contributed by atoms with Gasteiger partial charge in [-0.05, 0) is 31.7 Å². The van der Waals surface area contributed by atoms with Crippen molar-refractivity contribution in [3.8, 4) is 0 Å². The molecule has 0 radical (unpaired) electrons. The predicted octanol–water partition coefficient (Wildman–Crippen LogP) is 3.42. The molecular formula is C16H29N3OS. The normalized spacial score (nSPS) is 19.8. The van der Waals surface area contributed by atoms with Gasteiger partial charge in [-0.1, -0.05) is 20.3 Å². The molecule has 21 heavy (non-hydrogen) atoms. The molecule has 1 N–H and O–H groups in total. The van der Waals surface area contributed by atoms with Crippen molar-refractivity contribution in [2.24, 2.45) is 5.92 Å². The molecular weight excluding hydrogens is 282 g/mol. The monoisotopic (exact) mass is 311 g/mol. The number of ether oxygens (including phenoxy) is 1. The van der Waals surface area contributed by atoms with Crippen LogP contribution >= 0.6 is 11.3 Å². The number of nitrogens with one attached hydrogen (secondary N) is 1. The number of thiazole rings is 1. The zero-order chi connectivity index (χ0) is 15.1. The van der Waals surface area contributed by atoms with Gasteiger partial charge in [-0.2, -0.15) is 0 Å². The lowest BCUT2D eigenvalue weighted by molar-refractivity contribution is 0.181. The highest BCUT2D eigenvalue weighted by Gasteiger charge is 2.20. The van der Waals surface area contributed by atoms with Gasteiger partial charge < -0.3 is 15.0 Å². The van der Waals surface area contributed by atoms with E-state index in [1.54, 1.807) is 7.11 Å². The first kappa shape index (κ1) is 16.7. The van der Waals surface area contributed by atoms with Crippen molar-refractivity contribution in [2.75, 3.05) is 31.6 Å². The van der Waals surface area contributed by atoms with E-state index in [2.05, 4.69) is 24.1 Å². The molecule has 1 fully saturated rings. The minimum atomic E-state index is 0.614. The zero-order valence-electron chi connectivity index (χ0n) is 13.7. The van der Waals surface area contributed by atoms with E-state index in [9.17, 15) is 0 Å². The molecule has 2 heterocycles. The summed E-state index contributed by atoms with van der Waals surface area (Å²) in [5.74, 6) is 0.898. The second-order valence-corrected chi connectivity index (χ2v) is 6.83. The SMILES string of the molecule is CCNCc1sc(N2CCCC(CC)CC2)nc1COC. The molecule has 120 valence electrons. The second-order valence-electron chi connectivity index (χ2n) is 5.77. The summed E-state index contributed by atoms with van der Waals surface area (Å²) in [5.41, 5.74) is 1.11. The van der Waals surface area contributed by atoms with Crippen LogP contribution in [0.4, 0.5) is 5.13 Å². The van der Waals surface area contributed by atoms with E-state index in [0.717, 1.165) is 37.8 Å². The van der Waals surface area contributed by atoms with Crippen molar-refractivity contribution in [3.63, 3.8) is 0 Å². The largest absolute Gasteiger partial charge is 0.378 e. The summed E-state index contributed by atoms with van der Waals surface area (Å²) in [6, 6.07) is 0. The van der Waals surface area contributed by atoms with E-state index in [1.165, 1.54) is 35.7 Å². The van der Waals surface area contributed by atoms with E-state index in [1.807, 2.05) is 11.3 Å². The summed E-state index contributed by atoms with van der Waals surface area (Å²) >= 11 is 1.84. The third-order valence-corrected chi connectivity index (χ3v) is 5.44. The second kappa shape index (κ2) is 8.71. The first-order valence-corrected chi connectivity index (χ1v) is 9.03. The first-order chi connectivity index (χ1) is 10.3. The van der Waals surface area contributed by atoms with Crippen LogP contribution in [0.5, 0.6) is 0 Å². The van der Waals surface area contributed by atoms with Crippen LogP contribution in [0.1, 0.15) is 50.1 Å². The van der Waals surface area contributed by atoms with Gasteiger partial charge >= 0.3 is 0 Å². The Morgan fingerprint density at radius 3 is 2.90 bits per heavy atom. The topological polar surface area (TPSA) is 37.4 Å². The summed E-state index contributed by atoms with van der Waals surface area (Å²) in [6.45, 7) is 9.26. The van der Waals surface area contributed by atoms with E-state index in [-0.39, 0.29) is 0 Å². The van der Waals surface area contributed by atoms with E-state index in [4.69, 9.17) is 9.72 Å². The van der Waals surface area contributed by atoms with Gasteiger partial charge in [-0.15, -0.1) is 11.3 Å². The highest BCUT2D eigenvalue weighted by molar-refractivity contribution is 7.15. The van der Waals surface area contributed by atoms with Crippen molar-refractivity contribution in [3.05, 3.63) is 10.6 Å². The average molecular weight is 311 g/mol. The molecule has 1 aliphatic rings. The molecule has 2 rings (SSSR count). The number of nitrogens with zero attached hydrogens (tertiary/aromatic N) is 2. The van der Waals surface area contributed by atoms with Crippen molar-refractivity contribution in [1.82, 2.24) is 10.3 Å². The number of rotatable bonds is 7. The van der Waals surface area contributed by atoms with Crippen LogP contribution in [0.15, 0.2) is 0 Å². The van der Waals surface area contributed by atoms with Gasteiger partial charge in [0.25, 0.3) is 0 Å². The summed E-state index contributed by atoms with van der Waals surface area (Å²) < 4.78 is 5.31. The van der Waals surface area contributed by atoms with E-state index < -0.39 is 0 Å². The maximum absolute atomic E-state index is 5.31. The summed E-state index contributed by atoms with van der Waals surface area (Å²) in [5, 5.41) is 4.59. The van der Waals surface area contributed by atoms with Crippen LogP contribution in [-0.4, -0.2) is 31.7 Å². The standard InChI is InChI=1S/C16H29N3OS/c1-4-13-7-6-9-19(10-8-13)16-18-14(12-20-3)15(21-16)11-17-5-2/h13,17H,4-12H2,1-3H3. The molecule has 0 saturated carbocycles. The van der Waals surface area contributed by atoms with Crippen molar-refractivity contribution in [1.29, 1.82) is 0 Å². The Hall–Kier alpha value is -0.650. The number of methoxy groups -OCH3 is 1. The Labute approximate surface area is 132 Å². The maximum atomic E-state index is 5.31. The van der Waals surface area contributed by atoms with Gasteiger partial charge in [0, 0.05) is 31.6 Å². The maximum Gasteiger partial charge on any atom is 0.185 e. The predicted molar refractivity (Wildman–Crippen MR) is 90.1 cm³/mol. The summed E-state index contributed by atoms with van der Waals surface area (Å²) in [4.78, 5) is 8.65. The fraction of sp³-hybridized carbons (Fsp3) is 0.812. The fourth-order valence-corrected chi connectivity index (χ4v) is 3.98. The number of hydrogen-bond acceptors (Lipinski definition) is 5. The molecule has 1 saturated heterocycles. The average Bonchev–Trinajstić information content (AvgIpc) is 2.73. The number of hydrogen-bond donors (Lipinski definition) is 1. The van der Waals surface area contributed by atoms with Gasteiger partial charge in [-0.3, -0.25) is 0 Å². The summed E-state index contributed by atoms with van der Waals surface area (Å²) in [6.07, 6.45) is 5.28. The molecule has 0 bridgehead atoms. The summed E-state index contributed by atoms with van der Waals surface area (Å²) in [7, 11) is 1.74. The third-order valence-electron chi connectivity index (χ3n) is 4.28. The Balaban J connectivity index is 2.07. The van der Waals surface area contributed by atoms with Crippen LogP contribution in [0.25, 0.3) is 0 Å². The van der Waals surface area contributed by atoms with Gasteiger partial charge in [0.15, 0.2) is 5.13 Å². The lowest BCUT2D eigenvalue weighted by atomic mass is 9.98. The molecule has 1 unspecified atom stereocenters. The number of aromatic nitrogens is 1. The minimum absolute atomic E-state index is 0.614. The van der Waals surface area contributed by atoms with Gasteiger partial charge in [0.1, 0.15) is 0 Å². The molecule has 0 amide bonds. The highest BCUT2D eigenvalue weighted by atomic mass is 32.1. The molecule has 0 aromatic carbocycles.